The van der Waals surface area contributed by atoms with E-state index in [2.05, 4.69) is 26.1 Å². The number of para-hydroxylation sites is 1. The second-order valence-corrected chi connectivity index (χ2v) is 8.07. The molecule has 0 aromatic heterocycles. The minimum absolute atomic E-state index is 0.0218. The molecule has 29 heavy (non-hydrogen) atoms. The van der Waals surface area contributed by atoms with Crippen LogP contribution in [0.15, 0.2) is 48.5 Å². The van der Waals surface area contributed by atoms with E-state index < -0.39 is 17.9 Å². The fourth-order valence-electron chi connectivity index (χ4n) is 2.97. The summed E-state index contributed by atoms with van der Waals surface area (Å²) in [6.07, 6.45) is 0. The molecule has 2 amide bonds. The van der Waals surface area contributed by atoms with Crippen LogP contribution in [0.3, 0.4) is 0 Å². The largest absolute Gasteiger partial charge is 0.480 e. The maximum atomic E-state index is 12.8. The third kappa shape index (κ3) is 5.44. The quantitative estimate of drug-likeness (QED) is 0.782. The van der Waals surface area contributed by atoms with Gasteiger partial charge in [-0.3, -0.25) is 14.5 Å². The number of aryl methyl sites for hydroxylation is 1. The van der Waals surface area contributed by atoms with Gasteiger partial charge >= 0.3 is 5.97 Å². The van der Waals surface area contributed by atoms with Crippen LogP contribution in [-0.2, 0) is 15.0 Å². The number of aliphatic carboxylic acids is 1. The zero-order valence-corrected chi connectivity index (χ0v) is 17.5. The van der Waals surface area contributed by atoms with Crippen LogP contribution < -0.4 is 10.2 Å². The van der Waals surface area contributed by atoms with Gasteiger partial charge in [-0.05, 0) is 48.6 Å². The number of nitrogens with zero attached hydrogens (tertiary/aromatic N) is 1. The van der Waals surface area contributed by atoms with Crippen LogP contribution in [0, 0.1) is 6.92 Å². The van der Waals surface area contributed by atoms with Crippen LogP contribution in [0.5, 0.6) is 0 Å². The van der Waals surface area contributed by atoms with E-state index in [0.717, 1.165) is 11.1 Å². The number of carboxylic acids is 1. The summed E-state index contributed by atoms with van der Waals surface area (Å²) in [4.78, 5) is 38.0. The molecule has 0 unspecified atom stereocenters. The number of anilines is 1. The number of rotatable bonds is 6. The SMILES string of the molecule is Cc1ccccc1N(C(=O)CNC(=O)c1ccc(C(C)(C)C)cc1)[C@@H](C)C(=O)O. The van der Waals surface area contributed by atoms with Gasteiger partial charge in [0.1, 0.15) is 6.04 Å². The van der Waals surface area contributed by atoms with E-state index in [1.807, 2.05) is 18.2 Å². The Kier molecular flexibility index (Phi) is 6.80. The summed E-state index contributed by atoms with van der Waals surface area (Å²) in [7, 11) is 0. The summed E-state index contributed by atoms with van der Waals surface area (Å²) in [5.74, 6) is -1.99. The van der Waals surface area contributed by atoms with Crippen molar-refractivity contribution >= 4 is 23.5 Å². The molecule has 0 fully saturated rings. The lowest BCUT2D eigenvalue weighted by molar-refractivity contribution is -0.139. The molecule has 0 radical (unpaired) electrons. The standard InChI is InChI=1S/C23H28N2O4/c1-15-8-6-7-9-19(15)25(16(2)22(28)29)20(26)14-24-21(27)17-10-12-18(13-11-17)23(3,4)5/h6-13,16H,14H2,1-5H3,(H,24,27)(H,28,29)/t16-/m0/s1. The lowest BCUT2D eigenvalue weighted by Crippen LogP contribution is -2.48. The topological polar surface area (TPSA) is 86.7 Å². The Hall–Kier alpha value is -3.15. The van der Waals surface area contributed by atoms with Crippen LogP contribution in [0.1, 0.15) is 49.2 Å². The predicted octanol–water partition coefficient (Wildman–Crippen LogP) is 3.53. The molecule has 2 rings (SSSR count). The first kappa shape index (κ1) is 22.1. The monoisotopic (exact) mass is 396 g/mol. The Labute approximate surface area is 171 Å². The zero-order valence-electron chi connectivity index (χ0n) is 17.5. The summed E-state index contributed by atoms with van der Waals surface area (Å²) in [6, 6.07) is 13.2. The number of hydrogen-bond donors (Lipinski definition) is 2. The molecule has 0 heterocycles. The highest BCUT2D eigenvalue weighted by atomic mass is 16.4. The first-order chi connectivity index (χ1) is 13.5. The minimum atomic E-state index is -1.12. The smallest absolute Gasteiger partial charge is 0.326 e. The first-order valence-electron chi connectivity index (χ1n) is 9.51. The molecule has 2 N–H and O–H groups in total. The van der Waals surface area contributed by atoms with Gasteiger partial charge in [0.25, 0.3) is 5.91 Å². The second-order valence-electron chi connectivity index (χ2n) is 8.07. The van der Waals surface area contributed by atoms with Crippen LogP contribution >= 0.6 is 0 Å². The van der Waals surface area contributed by atoms with Crippen molar-refractivity contribution in [3.8, 4) is 0 Å². The Morgan fingerprint density at radius 3 is 2.14 bits per heavy atom. The molecule has 1 atom stereocenters. The van der Waals surface area contributed by atoms with Gasteiger partial charge in [-0.2, -0.15) is 0 Å². The van der Waals surface area contributed by atoms with Gasteiger partial charge in [-0.1, -0.05) is 51.1 Å². The van der Waals surface area contributed by atoms with Gasteiger partial charge in [0.05, 0.1) is 6.54 Å². The summed E-state index contributed by atoms with van der Waals surface area (Å²) < 4.78 is 0. The number of hydrogen-bond acceptors (Lipinski definition) is 3. The van der Waals surface area contributed by atoms with Gasteiger partial charge < -0.3 is 10.4 Å². The number of nitrogens with one attached hydrogen (secondary N) is 1. The fraction of sp³-hybridized carbons (Fsp3) is 0.348. The highest BCUT2D eigenvalue weighted by Gasteiger charge is 2.28. The van der Waals surface area contributed by atoms with Crippen molar-refractivity contribution in [3.63, 3.8) is 0 Å². The van der Waals surface area contributed by atoms with Gasteiger partial charge in [0.15, 0.2) is 0 Å². The molecular weight excluding hydrogens is 368 g/mol. The van der Waals surface area contributed by atoms with E-state index in [1.165, 1.54) is 11.8 Å². The van der Waals surface area contributed by atoms with Gasteiger partial charge in [0.2, 0.25) is 5.91 Å². The van der Waals surface area contributed by atoms with Crippen molar-refractivity contribution in [2.24, 2.45) is 0 Å². The molecule has 0 spiro atoms. The van der Waals surface area contributed by atoms with E-state index in [0.29, 0.717) is 11.3 Å². The van der Waals surface area contributed by atoms with Crippen molar-refractivity contribution in [2.75, 3.05) is 11.4 Å². The Morgan fingerprint density at radius 2 is 1.62 bits per heavy atom. The number of benzene rings is 2. The summed E-state index contributed by atoms with van der Waals surface area (Å²) in [5, 5.41) is 12.0. The minimum Gasteiger partial charge on any atom is -0.480 e. The van der Waals surface area contributed by atoms with Crippen LogP contribution in [0.25, 0.3) is 0 Å². The zero-order chi connectivity index (χ0) is 21.8. The van der Waals surface area contributed by atoms with Crippen molar-refractivity contribution in [1.29, 1.82) is 0 Å². The summed E-state index contributed by atoms with van der Waals surface area (Å²) >= 11 is 0. The fourth-order valence-corrected chi connectivity index (χ4v) is 2.97. The molecule has 0 saturated carbocycles. The molecular formula is C23H28N2O4. The Morgan fingerprint density at radius 1 is 1.03 bits per heavy atom. The predicted molar refractivity (Wildman–Crippen MR) is 113 cm³/mol. The molecule has 0 bridgehead atoms. The van der Waals surface area contributed by atoms with Crippen LogP contribution in [0.2, 0.25) is 0 Å². The lowest BCUT2D eigenvalue weighted by atomic mass is 9.87. The van der Waals surface area contributed by atoms with Crippen molar-refractivity contribution in [3.05, 3.63) is 65.2 Å². The van der Waals surface area contributed by atoms with E-state index in [9.17, 15) is 19.5 Å². The molecule has 6 heteroatoms. The van der Waals surface area contributed by atoms with E-state index >= 15 is 0 Å². The van der Waals surface area contributed by atoms with Crippen molar-refractivity contribution in [1.82, 2.24) is 5.32 Å². The van der Waals surface area contributed by atoms with Crippen molar-refractivity contribution in [2.45, 2.75) is 46.1 Å². The third-order valence-electron chi connectivity index (χ3n) is 4.80. The number of carboxylic acid groups (broad SMARTS) is 1. The number of amides is 2. The first-order valence-corrected chi connectivity index (χ1v) is 9.51. The highest BCUT2D eigenvalue weighted by Crippen LogP contribution is 2.23. The maximum Gasteiger partial charge on any atom is 0.326 e. The average Bonchev–Trinajstić information content (AvgIpc) is 2.67. The second kappa shape index (κ2) is 8.90. The Bertz CT molecular complexity index is 898. The van der Waals surface area contributed by atoms with E-state index in [-0.39, 0.29) is 17.9 Å². The molecule has 0 aliphatic carbocycles. The third-order valence-corrected chi connectivity index (χ3v) is 4.80. The molecule has 2 aromatic carbocycles. The van der Waals surface area contributed by atoms with Gasteiger partial charge in [0, 0.05) is 11.3 Å². The summed E-state index contributed by atoms with van der Waals surface area (Å²) in [5.41, 5.74) is 2.81. The molecule has 6 nitrogen and oxygen atoms in total. The van der Waals surface area contributed by atoms with Crippen molar-refractivity contribution < 1.29 is 19.5 Å². The highest BCUT2D eigenvalue weighted by molar-refractivity contribution is 6.03. The maximum absolute atomic E-state index is 12.8. The average molecular weight is 396 g/mol. The molecule has 154 valence electrons. The normalized spacial score (nSPS) is 12.2. The molecule has 0 aliphatic rings. The summed E-state index contributed by atoms with van der Waals surface area (Å²) in [6.45, 7) is 9.21. The number of carbonyl (C=O) groups excluding carboxylic acids is 2. The Balaban J connectivity index is 2.14. The molecule has 2 aromatic rings. The van der Waals surface area contributed by atoms with E-state index in [1.54, 1.807) is 37.3 Å². The van der Waals surface area contributed by atoms with Crippen LogP contribution in [-0.4, -0.2) is 35.5 Å². The molecule has 0 aliphatic heterocycles. The van der Waals surface area contributed by atoms with Crippen LogP contribution in [0.4, 0.5) is 5.69 Å². The number of carbonyl (C=O) groups is 3. The van der Waals surface area contributed by atoms with Gasteiger partial charge in [-0.25, -0.2) is 4.79 Å². The van der Waals surface area contributed by atoms with E-state index in [4.69, 9.17) is 0 Å². The molecule has 0 saturated heterocycles. The van der Waals surface area contributed by atoms with Gasteiger partial charge in [-0.15, -0.1) is 0 Å². The lowest BCUT2D eigenvalue weighted by Gasteiger charge is -2.28.